The van der Waals surface area contributed by atoms with Crippen molar-refractivity contribution >= 4 is 23.2 Å². The average Bonchev–Trinajstić information content (AvgIpc) is 3.51. The lowest BCUT2D eigenvalue weighted by atomic mass is 9.97. The SMILES string of the molecule is COc1cc(C(=O)NNC(N)=N[C@H](C)c2ncc(-c3cc(C)cc(F)c3-c3ncc(C)s3)cc2F)on1. The summed E-state index contributed by atoms with van der Waals surface area (Å²) in [6, 6.07) is 4.93. The second-order valence-corrected chi connectivity index (χ2v) is 9.27. The van der Waals surface area contributed by atoms with Crippen molar-refractivity contribution in [2.45, 2.75) is 26.8 Å². The van der Waals surface area contributed by atoms with E-state index in [2.05, 4.69) is 31.0 Å². The number of thiazole rings is 1. The number of aromatic nitrogens is 3. The van der Waals surface area contributed by atoms with E-state index in [1.54, 1.807) is 26.1 Å². The Bertz CT molecular complexity index is 1490. The Morgan fingerprint density at radius 3 is 2.57 bits per heavy atom. The van der Waals surface area contributed by atoms with Gasteiger partial charge in [-0.1, -0.05) is 6.07 Å². The number of amides is 1. The Morgan fingerprint density at radius 1 is 1.14 bits per heavy atom. The molecule has 4 aromatic rings. The molecular weight excluding hydrogens is 504 g/mol. The monoisotopic (exact) mass is 527 g/mol. The predicted octanol–water partition coefficient (Wildman–Crippen LogP) is 4.07. The van der Waals surface area contributed by atoms with E-state index in [-0.39, 0.29) is 28.9 Å². The molecule has 10 nitrogen and oxygen atoms in total. The number of rotatable bonds is 6. The molecule has 0 saturated carbocycles. The highest BCUT2D eigenvalue weighted by atomic mass is 32.1. The second-order valence-electron chi connectivity index (χ2n) is 8.04. The van der Waals surface area contributed by atoms with Gasteiger partial charge in [-0.15, -0.1) is 11.3 Å². The summed E-state index contributed by atoms with van der Waals surface area (Å²) in [5.74, 6) is -1.95. The molecule has 13 heteroatoms. The molecule has 37 heavy (non-hydrogen) atoms. The van der Waals surface area contributed by atoms with Crippen LogP contribution in [0.1, 0.15) is 39.7 Å². The van der Waals surface area contributed by atoms with Gasteiger partial charge in [-0.3, -0.25) is 20.6 Å². The fourth-order valence-electron chi connectivity index (χ4n) is 3.51. The van der Waals surface area contributed by atoms with Crippen LogP contribution in [0.25, 0.3) is 21.7 Å². The number of hydrazine groups is 1. The van der Waals surface area contributed by atoms with Gasteiger partial charge in [-0.2, -0.15) is 0 Å². The average molecular weight is 528 g/mol. The van der Waals surface area contributed by atoms with Crippen LogP contribution in [0.4, 0.5) is 8.78 Å². The van der Waals surface area contributed by atoms with Crippen LogP contribution in [-0.2, 0) is 0 Å². The van der Waals surface area contributed by atoms with Crippen molar-refractivity contribution in [2.75, 3.05) is 7.11 Å². The largest absolute Gasteiger partial charge is 0.479 e. The van der Waals surface area contributed by atoms with Crippen molar-refractivity contribution in [2.24, 2.45) is 10.7 Å². The molecule has 3 aromatic heterocycles. The summed E-state index contributed by atoms with van der Waals surface area (Å²) in [6.07, 6.45) is 3.11. The van der Waals surface area contributed by atoms with Crippen molar-refractivity contribution in [3.8, 4) is 27.6 Å². The predicted molar refractivity (Wildman–Crippen MR) is 134 cm³/mol. The number of benzene rings is 1. The molecule has 0 radical (unpaired) electrons. The molecule has 0 aliphatic carbocycles. The van der Waals surface area contributed by atoms with Crippen LogP contribution in [0.5, 0.6) is 5.88 Å². The van der Waals surface area contributed by atoms with Gasteiger partial charge < -0.3 is 15.0 Å². The minimum Gasteiger partial charge on any atom is -0.479 e. The number of hydrogen-bond donors (Lipinski definition) is 3. The highest BCUT2D eigenvalue weighted by Gasteiger charge is 2.20. The number of nitrogens with two attached hydrogens (primary N) is 1. The summed E-state index contributed by atoms with van der Waals surface area (Å²) in [4.78, 5) is 25.6. The van der Waals surface area contributed by atoms with Gasteiger partial charge in [0.1, 0.15) is 22.3 Å². The van der Waals surface area contributed by atoms with Gasteiger partial charge >= 0.3 is 5.91 Å². The first-order valence-corrected chi connectivity index (χ1v) is 11.8. The van der Waals surface area contributed by atoms with E-state index in [0.717, 1.165) is 4.88 Å². The maximum Gasteiger partial charge on any atom is 0.308 e. The first kappa shape index (κ1) is 25.7. The number of nitrogens with zero attached hydrogens (tertiary/aromatic N) is 4. The fourth-order valence-corrected chi connectivity index (χ4v) is 4.33. The first-order valence-electron chi connectivity index (χ1n) is 10.9. The third kappa shape index (κ3) is 5.72. The number of aryl methyl sites for hydroxylation is 2. The molecule has 0 aliphatic heterocycles. The molecular formula is C24H23F2N7O3S. The van der Waals surface area contributed by atoms with Crippen LogP contribution in [0, 0.1) is 25.5 Å². The molecule has 1 aromatic carbocycles. The Morgan fingerprint density at radius 2 is 1.92 bits per heavy atom. The number of carbonyl (C=O) groups excluding carboxylic acids is 1. The van der Waals surface area contributed by atoms with Gasteiger partial charge in [-0.05, 0) is 49.2 Å². The molecule has 0 aliphatic rings. The van der Waals surface area contributed by atoms with Gasteiger partial charge in [0.05, 0.1) is 24.8 Å². The van der Waals surface area contributed by atoms with Crippen LogP contribution in [0.3, 0.4) is 0 Å². The number of carbonyl (C=O) groups is 1. The molecule has 0 bridgehead atoms. The highest BCUT2D eigenvalue weighted by molar-refractivity contribution is 7.15. The van der Waals surface area contributed by atoms with Crippen molar-refractivity contribution < 1.29 is 22.8 Å². The van der Waals surface area contributed by atoms with Crippen LogP contribution >= 0.6 is 11.3 Å². The molecule has 0 spiro atoms. The van der Waals surface area contributed by atoms with E-state index >= 15 is 4.39 Å². The summed E-state index contributed by atoms with van der Waals surface area (Å²) < 4.78 is 39.8. The number of aliphatic imine (C=N–C) groups is 1. The van der Waals surface area contributed by atoms with Crippen LogP contribution in [-0.4, -0.2) is 34.1 Å². The summed E-state index contributed by atoms with van der Waals surface area (Å²) >= 11 is 1.35. The van der Waals surface area contributed by atoms with Crippen molar-refractivity contribution in [1.82, 2.24) is 26.0 Å². The molecule has 0 fully saturated rings. The van der Waals surface area contributed by atoms with Gasteiger partial charge in [-0.25, -0.2) is 18.8 Å². The van der Waals surface area contributed by atoms with Crippen LogP contribution in [0.2, 0.25) is 0 Å². The lowest BCUT2D eigenvalue weighted by Gasteiger charge is -2.14. The number of pyridine rings is 1. The highest BCUT2D eigenvalue weighted by Crippen LogP contribution is 2.37. The lowest BCUT2D eigenvalue weighted by molar-refractivity contribution is 0.0906. The molecule has 0 saturated heterocycles. The van der Waals surface area contributed by atoms with Gasteiger partial charge in [0.2, 0.25) is 11.7 Å². The Balaban J connectivity index is 1.53. The topological polar surface area (TPSA) is 141 Å². The van der Waals surface area contributed by atoms with Crippen molar-refractivity contribution in [3.63, 3.8) is 0 Å². The fraction of sp³-hybridized carbons (Fsp3) is 0.208. The summed E-state index contributed by atoms with van der Waals surface area (Å²) in [7, 11) is 1.38. The summed E-state index contributed by atoms with van der Waals surface area (Å²) in [6.45, 7) is 5.22. The Labute approximate surface area is 214 Å². The Kier molecular flexibility index (Phi) is 7.43. The van der Waals surface area contributed by atoms with Gasteiger partial charge in [0.15, 0.2) is 0 Å². The zero-order valence-corrected chi connectivity index (χ0v) is 21.1. The van der Waals surface area contributed by atoms with Crippen LogP contribution < -0.4 is 21.3 Å². The van der Waals surface area contributed by atoms with E-state index in [9.17, 15) is 9.18 Å². The number of hydrogen-bond acceptors (Lipinski definition) is 8. The van der Waals surface area contributed by atoms with Crippen molar-refractivity contribution in [3.05, 3.63) is 70.2 Å². The number of guanidine groups is 1. The first-order chi connectivity index (χ1) is 17.7. The zero-order valence-electron chi connectivity index (χ0n) is 20.3. The molecule has 0 unspecified atom stereocenters. The smallest absolute Gasteiger partial charge is 0.308 e. The number of methoxy groups -OCH3 is 1. The summed E-state index contributed by atoms with van der Waals surface area (Å²) in [5, 5.41) is 4.02. The Hall–Kier alpha value is -4.39. The zero-order chi connectivity index (χ0) is 26.7. The third-order valence-corrected chi connectivity index (χ3v) is 6.13. The number of halogens is 2. The van der Waals surface area contributed by atoms with Crippen molar-refractivity contribution in [1.29, 1.82) is 0 Å². The second kappa shape index (κ2) is 10.7. The molecule has 4 rings (SSSR count). The molecule has 192 valence electrons. The van der Waals surface area contributed by atoms with Crippen LogP contribution in [0.15, 0.2) is 46.2 Å². The van der Waals surface area contributed by atoms with E-state index in [4.69, 9.17) is 15.0 Å². The third-order valence-electron chi connectivity index (χ3n) is 5.20. The number of ether oxygens (including phenoxy) is 1. The molecule has 1 atom stereocenters. The normalized spacial score (nSPS) is 12.3. The molecule has 4 N–H and O–H groups in total. The molecule has 1 amide bonds. The maximum absolute atomic E-state index is 15.1. The number of nitrogens with one attached hydrogen (secondary N) is 2. The standard InChI is InChI=1S/C24H23F2N7O3S/c1-11-5-15(20(16(25)6-11)23-29-9-12(2)37-23)14-7-17(26)21(28-10-14)13(3)30-24(27)32-31-22(34)18-8-19(35-4)33-36-18/h5-10,13H,1-4H3,(H,31,34)(H3,27,30,32)/t13-/m1/s1. The quantitative estimate of drug-likeness (QED) is 0.194. The maximum atomic E-state index is 15.1. The van der Waals surface area contributed by atoms with E-state index in [1.807, 2.05) is 6.92 Å². The van der Waals surface area contributed by atoms with Gasteiger partial charge in [0.25, 0.3) is 5.88 Å². The lowest BCUT2D eigenvalue weighted by Crippen LogP contribution is -2.45. The van der Waals surface area contributed by atoms with Gasteiger partial charge in [0, 0.05) is 22.8 Å². The van der Waals surface area contributed by atoms with E-state index in [1.165, 1.54) is 42.8 Å². The summed E-state index contributed by atoms with van der Waals surface area (Å²) in [5.41, 5.74) is 12.4. The van der Waals surface area contributed by atoms with E-state index < -0.39 is 23.6 Å². The minimum atomic E-state index is -0.806. The van der Waals surface area contributed by atoms with E-state index in [0.29, 0.717) is 21.7 Å². The minimum absolute atomic E-state index is 0.0135. The molecule has 3 heterocycles.